The Morgan fingerprint density at radius 3 is 0.600 bits per heavy atom. The molecule has 0 bridgehead atoms. The van der Waals surface area contributed by atoms with Gasteiger partial charge in [-0.3, -0.25) is 0 Å². The zero-order valence-corrected chi connectivity index (χ0v) is 14.9. The molecule has 78 valence electrons. The van der Waals surface area contributed by atoms with Crippen molar-refractivity contribution in [2.75, 3.05) is 0 Å². The topological polar surface area (TPSA) is 199 Å². The van der Waals surface area contributed by atoms with Crippen LogP contribution < -0.4 is 0 Å². The molecule has 0 atom stereocenters. The fourth-order valence-electron chi connectivity index (χ4n) is 0. The van der Waals surface area contributed by atoms with Crippen LogP contribution in [-0.4, -0.2) is 15.3 Å². The zero-order valence-electron chi connectivity index (χ0n) is 6.78. The molecule has 0 aromatic rings. The van der Waals surface area contributed by atoms with Crippen molar-refractivity contribution in [2.45, 2.75) is 0 Å². The van der Waals surface area contributed by atoms with Crippen LogP contribution in [0.15, 0.2) is 0 Å². The van der Waals surface area contributed by atoms with E-state index < -0.39 is 15.3 Å². The third kappa shape index (κ3) is 16600. The average molecular weight is 420 g/mol. The van der Waals surface area contributed by atoms with Gasteiger partial charge in [0.15, 0.2) is 0 Å². The number of nitrogens with zero attached hydrogens (tertiary/aromatic N) is 3. The van der Waals surface area contributed by atoms with Gasteiger partial charge in [-0.15, -0.1) is 0 Å². The maximum absolute atomic E-state index is 8.25. The Bertz CT molecular complexity index is 123. The normalized spacial score (nSPS) is 4.80. The Labute approximate surface area is 124 Å². The molecular weight excluding hydrogens is 420 g/mol. The van der Waals surface area contributed by atoms with E-state index >= 15 is 0 Å². The van der Waals surface area contributed by atoms with E-state index in [1.165, 1.54) is 0 Å². The van der Waals surface area contributed by atoms with Crippen LogP contribution in [0.5, 0.6) is 0 Å². The summed E-state index contributed by atoms with van der Waals surface area (Å²) in [5.74, 6) is 0. The molecule has 0 aromatic heterocycles. The second-order valence-corrected chi connectivity index (χ2v) is 0.671. The molecule has 0 radical (unpaired) electrons. The van der Waals surface area contributed by atoms with E-state index in [0.717, 1.165) is 0 Å². The minimum atomic E-state index is -1.75. The third-order valence-electron chi connectivity index (χ3n) is 0. The van der Waals surface area contributed by atoms with Crippen LogP contribution in [-0.2, 0) is 63.8 Å². The first-order chi connectivity index (χ1) is 5.20. The van der Waals surface area contributed by atoms with Gasteiger partial charge in [0.05, 0.1) is 15.3 Å². The summed E-state index contributed by atoms with van der Waals surface area (Å²) in [6.45, 7) is 0. The third-order valence-corrected chi connectivity index (χ3v) is 0. The maximum atomic E-state index is 8.25. The summed E-state index contributed by atoms with van der Waals surface area (Å²) in [5.41, 5.74) is 0. The molecule has 0 saturated carbocycles. The fourth-order valence-corrected chi connectivity index (χ4v) is 0. The van der Waals surface area contributed by atoms with Crippen molar-refractivity contribution in [2.24, 2.45) is 0 Å². The predicted octanol–water partition coefficient (Wildman–Crippen LogP) is -0.725. The van der Waals surface area contributed by atoms with Crippen molar-refractivity contribution >= 4 is 0 Å². The average Bonchev–Trinajstić information content (AvgIpc) is 1.54. The van der Waals surface area contributed by atoms with E-state index in [4.69, 9.17) is 46.0 Å². The molecule has 0 rings (SSSR count). The van der Waals surface area contributed by atoms with Crippen LogP contribution in [0.25, 0.3) is 0 Å². The summed E-state index contributed by atoms with van der Waals surface area (Å²) in [6.07, 6.45) is 0. The number of rotatable bonds is 0. The van der Waals surface area contributed by atoms with Gasteiger partial charge in [0.2, 0.25) is 0 Å². The van der Waals surface area contributed by atoms with Crippen molar-refractivity contribution < 1.29 is 79.1 Å². The van der Waals surface area contributed by atoms with Gasteiger partial charge in [0.25, 0.3) is 0 Å². The first kappa shape index (κ1) is 36.5. The Balaban J connectivity index is -0.0000000184. The molecule has 0 N–H and O–H groups in total. The Morgan fingerprint density at radius 1 is 0.600 bits per heavy atom. The first-order valence-electron chi connectivity index (χ1n) is 1.64. The van der Waals surface area contributed by atoms with Crippen molar-refractivity contribution in [1.82, 2.24) is 0 Å². The van der Waals surface area contributed by atoms with E-state index in [-0.39, 0.29) is 63.8 Å². The monoisotopic (exact) mass is 420 g/mol. The van der Waals surface area contributed by atoms with E-state index in [2.05, 4.69) is 0 Å². The molecule has 0 spiro atoms. The minimum absolute atomic E-state index is 0. The van der Waals surface area contributed by atoms with Gasteiger partial charge in [-0.25, -0.2) is 0 Å². The Kier molecular flexibility index (Phi) is 71.0. The number of hydrogen-bond acceptors (Lipinski definition) is 9. The van der Waals surface area contributed by atoms with Gasteiger partial charge in [-0.05, 0) is 0 Å². The van der Waals surface area contributed by atoms with Crippen LogP contribution in [0.3, 0.4) is 0 Å². The van der Waals surface area contributed by atoms with Crippen LogP contribution >= 0.6 is 0 Å². The Hall–Kier alpha value is -0.335. The summed E-state index contributed by atoms with van der Waals surface area (Å²) < 4.78 is 0. The molecule has 0 amide bonds. The van der Waals surface area contributed by atoms with Gasteiger partial charge in [-0.2, -0.15) is 0 Å². The molecule has 0 aliphatic carbocycles. The summed E-state index contributed by atoms with van der Waals surface area (Å²) in [7, 11) is 0. The molecule has 0 aliphatic heterocycles. The van der Waals surface area contributed by atoms with Crippen molar-refractivity contribution in [3.05, 3.63) is 46.0 Å². The molecule has 0 fully saturated rings. The van der Waals surface area contributed by atoms with E-state index in [1.807, 2.05) is 0 Å². The van der Waals surface area contributed by atoms with Gasteiger partial charge in [-0.1, -0.05) is 0 Å². The molecule has 12 nitrogen and oxygen atoms in total. The predicted molar refractivity (Wildman–Crippen MR) is 31.1 cm³/mol. The summed E-state index contributed by atoms with van der Waals surface area (Å²) in [5, 5.41) is 44.2. The van der Waals surface area contributed by atoms with Crippen LogP contribution in [0, 0.1) is 46.0 Å². The fraction of sp³-hybridized carbons (Fsp3) is 0. The minimum Gasteiger partial charge on any atom is -0.356 e. The first-order valence-corrected chi connectivity index (χ1v) is 1.64. The van der Waals surface area contributed by atoms with Gasteiger partial charge >= 0.3 is 63.8 Å². The van der Waals surface area contributed by atoms with Crippen LogP contribution in [0.1, 0.15) is 0 Å². The molecule has 0 aromatic carbocycles. The van der Waals surface area contributed by atoms with Crippen molar-refractivity contribution in [3.63, 3.8) is 0 Å². The summed E-state index contributed by atoms with van der Waals surface area (Å²) in [6, 6.07) is 0. The maximum Gasteiger partial charge on any atom is 2.00 e. The second kappa shape index (κ2) is 29.2. The molecular formula is CdFeN3O9Zn+3. The smallest absolute Gasteiger partial charge is 0.356 e. The molecule has 15 heteroatoms. The SMILES string of the molecule is O=[N+]([O-])[O-].O=[N+]([O-])[O-].O=[N+]([O-])[O-].[Cd+2].[Fe+2].[Zn+2]. The summed E-state index contributed by atoms with van der Waals surface area (Å²) >= 11 is 0. The molecule has 0 aliphatic rings. The van der Waals surface area contributed by atoms with Gasteiger partial charge in [0.1, 0.15) is 0 Å². The van der Waals surface area contributed by atoms with E-state index in [9.17, 15) is 0 Å². The van der Waals surface area contributed by atoms with Crippen molar-refractivity contribution in [1.29, 1.82) is 0 Å². The van der Waals surface area contributed by atoms with E-state index in [1.54, 1.807) is 0 Å². The quantitative estimate of drug-likeness (QED) is 0.276. The second-order valence-electron chi connectivity index (χ2n) is 0.671. The molecule has 0 heterocycles. The molecule has 0 unspecified atom stereocenters. The molecule has 15 heavy (non-hydrogen) atoms. The molecule has 0 saturated heterocycles. The number of hydrogen-bond donors (Lipinski definition) is 0. The standard InChI is InChI=1S/Cd.Fe.3NO3.Zn/c;;3*2-1(3)4;/q2*+2;3*-1;+2. The zero-order chi connectivity index (χ0) is 10.7. The van der Waals surface area contributed by atoms with Crippen molar-refractivity contribution in [3.8, 4) is 0 Å². The van der Waals surface area contributed by atoms with Gasteiger partial charge in [0, 0.05) is 0 Å². The van der Waals surface area contributed by atoms with Gasteiger partial charge < -0.3 is 46.0 Å². The summed E-state index contributed by atoms with van der Waals surface area (Å²) in [4.78, 5) is 24.8. The largest absolute Gasteiger partial charge is 2.00 e. The Morgan fingerprint density at radius 2 is 0.600 bits per heavy atom. The van der Waals surface area contributed by atoms with Crippen LogP contribution in [0.4, 0.5) is 0 Å². The van der Waals surface area contributed by atoms with Crippen LogP contribution in [0.2, 0.25) is 0 Å². The van der Waals surface area contributed by atoms with E-state index in [0.29, 0.717) is 0 Å².